The Morgan fingerprint density at radius 1 is 0.846 bits per heavy atom. The van der Waals surface area contributed by atoms with Crippen LogP contribution in [0.25, 0.3) is 0 Å². The maximum Gasteiger partial charge on any atom is 0.323 e. The molecule has 366 valence electrons. The number of hydrogen-bond acceptors (Lipinski definition) is 14. The number of ether oxygens (including phenoxy) is 5. The van der Waals surface area contributed by atoms with Gasteiger partial charge in [0.05, 0.1) is 36.6 Å². The van der Waals surface area contributed by atoms with Gasteiger partial charge < -0.3 is 39.0 Å². The molecule has 65 heavy (non-hydrogen) atoms. The summed E-state index contributed by atoms with van der Waals surface area (Å²) in [4.78, 5) is 69.7. The van der Waals surface area contributed by atoms with Gasteiger partial charge in [-0.3, -0.25) is 29.3 Å². The molecule has 4 N–H and O–H groups in total. The lowest BCUT2D eigenvalue weighted by Crippen LogP contribution is -2.60. The Hall–Kier alpha value is -3.21. The second kappa shape index (κ2) is 25.2. The summed E-state index contributed by atoms with van der Waals surface area (Å²) >= 11 is 0. The Bertz CT molecular complexity index is 1760. The lowest BCUT2D eigenvalue weighted by Gasteiger charge is -2.42. The number of ketones is 4. The van der Waals surface area contributed by atoms with Crippen molar-refractivity contribution in [3.8, 4) is 0 Å². The molecular formula is C51H79NO13. The number of allylic oxidation sites excluding steroid dienone is 6. The van der Waals surface area contributed by atoms with Crippen LogP contribution in [0.2, 0.25) is 0 Å². The SMILES string of the molecule is COC1C[C@@H]2CC[C@@H](C)[C@@](O)(O2)C(=O)C(=O)C2CCCC(N2)C(=O)OC([C@H](C)CC2CCC(O)[C@H](OC)C2)CC(=O)C(C)=CC(C)C(O)[C@@H](OC)C(=O)C(C)CC(C)C=CC=CC=C1C. The molecule has 4 rings (SSSR count). The molecule has 4 bridgehead atoms. The van der Waals surface area contributed by atoms with Gasteiger partial charge in [0.1, 0.15) is 18.2 Å². The van der Waals surface area contributed by atoms with E-state index < -0.39 is 89.8 Å². The van der Waals surface area contributed by atoms with E-state index in [0.29, 0.717) is 63.4 Å². The summed E-state index contributed by atoms with van der Waals surface area (Å²) in [5, 5.41) is 36.7. The van der Waals surface area contributed by atoms with Gasteiger partial charge in [0.2, 0.25) is 11.6 Å². The number of methoxy groups -OCH3 is 3. The first-order chi connectivity index (χ1) is 30.7. The second-order valence-electron chi connectivity index (χ2n) is 19.7. The van der Waals surface area contributed by atoms with E-state index in [2.05, 4.69) is 5.32 Å². The average Bonchev–Trinajstić information content (AvgIpc) is 3.28. The van der Waals surface area contributed by atoms with Crippen molar-refractivity contribution < 1.29 is 63.0 Å². The minimum absolute atomic E-state index is 0.0210. The Kier molecular flexibility index (Phi) is 21.1. The van der Waals surface area contributed by atoms with Crippen LogP contribution in [0, 0.1) is 35.5 Å². The van der Waals surface area contributed by atoms with Gasteiger partial charge in [-0.1, -0.05) is 71.1 Å². The van der Waals surface area contributed by atoms with E-state index in [0.717, 1.165) is 12.0 Å². The second-order valence-corrected chi connectivity index (χ2v) is 19.7. The number of nitrogens with one attached hydrogen (secondary N) is 1. The predicted octanol–water partition coefficient (Wildman–Crippen LogP) is 5.88. The van der Waals surface area contributed by atoms with Gasteiger partial charge in [-0.25, -0.2) is 0 Å². The molecule has 0 aromatic rings. The molecule has 0 aromatic heterocycles. The summed E-state index contributed by atoms with van der Waals surface area (Å²) in [6, 6.07) is -2.04. The van der Waals surface area contributed by atoms with Crippen molar-refractivity contribution in [2.75, 3.05) is 21.3 Å². The minimum Gasteiger partial charge on any atom is -0.460 e. The van der Waals surface area contributed by atoms with Crippen LogP contribution in [0.5, 0.6) is 0 Å². The highest BCUT2D eigenvalue weighted by atomic mass is 16.6. The van der Waals surface area contributed by atoms with E-state index in [-0.39, 0.29) is 48.3 Å². The molecule has 1 saturated carbocycles. The highest BCUT2D eigenvalue weighted by Gasteiger charge is 2.52. The van der Waals surface area contributed by atoms with Crippen molar-refractivity contribution in [3.05, 3.63) is 47.6 Å². The fraction of sp³-hybridized carbons (Fsp3) is 0.745. The van der Waals surface area contributed by atoms with Crippen LogP contribution in [-0.4, -0.2) is 126 Å². The predicted molar refractivity (Wildman–Crippen MR) is 245 cm³/mol. The number of rotatable bonds is 6. The first kappa shape index (κ1) is 54.4. The molecule has 10 unspecified atom stereocenters. The van der Waals surface area contributed by atoms with Crippen molar-refractivity contribution in [1.82, 2.24) is 5.32 Å². The quantitative estimate of drug-likeness (QED) is 0.182. The standard InChI is InChI=1S/C51H79NO13/c1-29-15-12-11-13-16-30(2)42(61-8)27-37-21-19-35(7)51(60,65-37)49(58)47(57)38-17-14-18-39(52-38)50(59)64-43(32(4)25-36-20-22-40(53)44(26-36)62-9)28-41(54)31(3)24-34(6)46(56)48(63-10)45(55)33(5)23-29/h11-13,15-16,24,29,32-40,42-44,46,48,52-53,56,60H,14,17-23,25-28H2,1-10H3/t29?,32-,33?,34?,35-,36?,37+,38?,39?,40?,42?,43?,44-,46?,48+,51-/m1/s1. The normalized spacial score (nSPS) is 38.9. The van der Waals surface area contributed by atoms with Crippen LogP contribution < -0.4 is 5.32 Å². The molecule has 3 aliphatic heterocycles. The van der Waals surface area contributed by atoms with E-state index in [1.807, 2.05) is 58.1 Å². The van der Waals surface area contributed by atoms with Gasteiger partial charge in [0.15, 0.2) is 11.6 Å². The molecular weight excluding hydrogens is 835 g/mol. The Balaban J connectivity index is 1.66. The molecule has 16 atom stereocenters. The first-order valence-electron chi connectivity index (χ1n) is 23.9. The average molecular weight is 914 g/mol. The molecule has 14 nitrogen and oxygen atoms in total. The summed E-state index contributed by atoms with van der Waals surface area (Å²) in [6.07, 6.45) is 11.2. The van der Waals surface area contributed by atoms with E-state index in [1.165, 1.54) is 7.11 Å². The van der Waals surface area contributed by atoms with Gasteiger partial charge in [-0.05, 0) is 107 Å². The molecule has 0 amide bonds. The Morgan fingerprint density at radius 3 is 2.23 bits per heavy atom. The number of Topliss-reactive ketones (excluding diaryl/α,β-unsaturated/α-hetero) is 4. The fourth-order valence-corrected chi connectivity index (χ4v) is 10.1. The number of fused-ring (bicyclic) bond motifs is 4. The zero-order valence-electron chi connectivity index (χ0n) is 40.5. The van der Waals surface area contributed by atoms with E-state index >= 15 is 0 Å². The summed E-state index contributed by atoms with van der Waals surface area (Å²) < 4.78 is 29.3. The summed E-state index contributed by atoms with van der Waals surface area (Å²) in [5.41, 5.74) is 1.22. The summed E-state index contributed by atoms with van der Waals surface area (Å²) in [7, 11) is 4.54. The van der Waals surface area contributed by atoms with Crippen LogP contribution >= 0.6 is 0 Å². The van der Waals surface area contributed by atoms with E-state index in [1.54, 1.807) is 41.1 Å². The smallest absolute Gasteiger partial charge is 0.323 e. The van der Waals surface area contributed by atoms with Gasteiger partial charge in [-0.15, -0.1) is 0 Å². The zero-order chi connectivity index (χ0) is 48.2. The third-order valence-corrected chi connectivity index (χ3v) is 14.5. The topological polar surface area (TPSA) is 204 Å². The highest BCUT2D eigenvalue weighted by Crippen LogP contribution is 2.37. The molecule has 0 radical (unpaired) electrons. The van der Waals surface area contributed by atoms with Crippen molar-refractivity contribution in [2.24, 2.45) is 35.5 Å². The molecule has 1 aliphatic carbocycles. The molecule has 3 heterocycles. The largest absolute Gasteiger partial charge is 0.460 e. The lowest BCUT2D eigenvalue weighted by molar-refractivity contribution is -0.264. The molecule has 2 saturated heterocycles. The fourth-order valence-electron chi connectivity index (χ4n) is 10.1. The Morgan fingerprint density at radius 2 is 1.55 bits per heavy atom. The summed E-state index contributed by atoms with van der Waals surface area (Å²) in [6.45, 7) is 12.7. The van der Waals surface area contributed by atoms with Crippen LogP contribution in [-0.2, 0) is 47.7 Å². The minimum atomic E-state index is -2.36. The van der Waals surface area contributed by atoms with Crippen molar-refractivity contribution in [3.63, 3.8) is 0 Å². The van der Waals surface area contributed by atoms with Crippen molar-refractivity contribution in [1.29, 1.82) is 0 Å². The van der Waals surface area contributed by atoms with Crippen LogP contribution in [0.1, 0.15) is 126 Å². The number of piperidine rings is 1. The number of hydrogen-bond donors (Lipinski definition) is 4. The molecule has 0 aromatic carbocycles. The summed E-state index contributed by atoms with van der Waals surface area (Å²) in [5.74, 6) is -7.41. The molecule has 4 aliphatic rings. The molecule has 14 heteroatoms. The zero-order valence-corrected chi connectivity index (χ0v) is 40.5. The van der Waals surface area contributed by atoms with Gasteiger partial charge in [0.25, 0.3) is 5.78 Å². The Labute approximate surface area is 387 Å². The number of carbonyl (C=O) groups excluding carboxylic acids is 5. The van der Waals surface area contributed by atoms with Crippen LogP contribution in [0.3, 0.4) is 0 Å². The monoisotopic (exact) mass is 914 g/mol. The number of cyclic esters (lactones) is 1. The van der Waals surface area contributed by atoms with Crippen LogP contribution in [0.15, 0.2) is 47.6 Å². The number of carbonyl (C=O) groups is 5. The lowest BCUT2D eigenvalue weighted by atomic mass is 9.78. The highest BCUT2D eigenvalue weighted by molar-refractivity contribution is 6.41. The van der Waals surface area contributed by atoms with E-state index in [4.69, 9.17) is 23.7 Å². The third-order valence-electron chi connectivity index (χ3n) is 14.5. The van der Waals surface area contributed by atoms with Crippen LogP contribution in [0.4, 0.5) is 0 Å². The van der Waals surface area contributed by atoms with Crippen molar-refractivity contribution >= 4 is 29.1 Å². The third kappa shape index (κ3) is 14.6. The number of esters is 1. The number of aliphatic hydroxyl groups excluding tert-OH is 2. The molecule has 0 spiro atoms. The van der Waals surface area contributed by atoms with Gasteiger partial charge >= 0.3 is 5.97 Å². The van der Waals surface area contributed by atoms with Crippen molar-refractivity contribution in [2.45, 2.75) is 186 Å². The maximum atomic E-state index is 14.1. The first-order valence-corrected chi connectivity index (χ1v) is 23.9. The van der Waals surface area contributed by atoms with Gasteiger partial charge in [0, 0.05) is 51.9 Å². The van der Waals surface area contributed by atoms with E-state index in [9.17, 15) is 39.3 Å². The number of aliphatic hydroxyl groups is 3. The van der Waals surface area contributed by atoms with Gasteiger partial charge in [-0.2, -0.15) is 0 Å². The maximum absolute atomic E-state index is 14.1. The molecule has 3 fully saturated rings.